The van der Waals surface area contributed by atoms with Crippen molar-refractivity contribution in [3.8, 4) is 0 Å². The van der Waals surface area contributed by atoms with E-state index < -0.39 is 24.4 Å². The Morgan fingerprint density at radius 2 is 1.48 bits per heavy atom. The molecule has 7 nitrogen and oxygen atoms in total. The Balaban J connectivity index is 1.53. The Labute approximate surface area is 168 Å². The molecular weight excluding hydrogens is 372 g/mol. The van der Waals surface area contributed by atoms with Crippen molar-refractivity contribution < 1.29 is 23.9 Å². The summed E-state index contributed by atoms with van der Waals surface area (Å²) in [7, 11) is 0. The zero-order chi connectivity index (χ0) is 21.0. The summed E-state index contributed by atoms with van der Waals surface area (Å²) < 4.78 is 5.08. The first-order chi connectivity index (χ1) is 13.9. The van der Waals surface area contributed by atoms with Crippen LogP contribution in [0.15, 0.2) is 54.6 Å². The maximum absolute atomic E-state index is 12.5. The van der Waals surface area contributed by atoms with Crippen LogP contribution in [-0.4, -0.2) is 47.8 Å². The van der Waals surface area contributed by atoms with Crippen LogP contribution in [0.1, 0.15) is 41.0 Å². The highest BCUT2D eigenvalue weighted by molar-refractivity contribution is 6.21. The highest BCUT2D eigenvalue weighted by atomic mass is 16.5. The molecule has 2 aromatic carbocycles. The molecule has 0 fully saturated rings. The molecule has 0 saturated heterocycles. The molecule has 7 heteroatoms. The van der Waals surface area contributed by atoms with E-state index >= 15 is 0 Å². The molecule has 1 aliphatic heterocycles. The zero-order valence-electron chi connectivity index (χ0n) is 16.3. The van der Waals surface area contributed by atoms with Crippen molar-refractivity contribution in [2.45, 2.75) is 26.3 Å². The van der Waals surface area contributed by atoms with Crippen molar-refractivity contribution in [1.82, 2.24) is 4.90 Å². The molecule has 0 N–H and O–H groups in total. The van der Waals surface area contributed by atoms with E-state index in [0.717, 1.165) is 10.6 Å². The quantitative estimate of drug-likeness (QED) is 0.533. The normalized spacial score (nSPS) is 12.9. The lowest BCUT2D eigenvalue weighted by Gasteiger charge is -2.26. The number of benzene rings is 2. The second kappa shape index (κ2) is 8.68. The minimum atomic E-state index is -0.647. The van der Waals surface area contributed by atoms with Crippen molar-refractivity contribution >= 4 is 29.4 Å². The topological polar surface area (TPSA) is 84.0 Å². The number of ether oxygens (including phenoxy) is 1. The number of hydrogen-bond donors (Lipinski definition) is 0. The first kappa shape index (κ1) is 20.3. The minimum Gasteiger partial charge on any atom is -0.455 e. The van der Waals surface area contributed by atoms with Gasteiger partial charge >= 0.3 is 5.97 Å². The molecule has 0 unspecified atom stereocenters. The van der Waals surface area contributed by atoms with Crippen LogP contribution in [0, 0.1) is 0 Å². The number of carbonyl (C=O) groups excluding carboxylic acids is 4. The van der Waals surface area contributed by atoms with E-state index in [1.807, 2.05) is 44.2 Å². The number of hydrogen-bond acceptors (Lipinski definition) is 5. The van der Waals surface area contributed by atoms with Gasteiger partial charge in [0, 0.05) is 18.3 Å². The average Bonchev–Trinajstić information content (AvgIpc) is 2.96. The van der Waals surface area contributed by atoms with Crippen LogP contribution in [0.4, 0.5) is 5.69 Å². The third-order valence-corrected chi connectivity index (χ3v) is 4.59. The highest BCUT2D eigenvalue weighted by Crippen LogP contribution is 2.22. The van der Waals surface area contributed by atoms with Crippen molar-refractivity contribution in [3.05, 3.63) is 65.7 Å². The fraction of sp³-hybridized carbons (Fsp3) is 0.273. The number of carbonyl (C=O) groups is 4. The van der Waals surface area contributed by atoms with Gasteiger partial charge in [0.15, 0.2) is 6.61 Å². The molecule has 0 aliphatic carbocycles. The summed E-state index contributed by atoms with van der Waals surface area (Å²) >= 11 is 0. The van der Waals surface area contributed by atoms with Gasteiger partial charge in [-0.15, -0.1) is 0 Å². The molecule has 0 aromatic heterocycles. The first-order valence-corrected chi connectivity index (χ1v) is 9.38. The van der Waals surface area contributed by atoms with E-state index in [4.69, 9.17) is 4.74 Å². The molecule has 1 heterocycles. The number of nitrogens with zero attached hydrogens (tertiary/aromatic N) is 2. The summed E-state index contributed by atoms with van der Waals surface area (Å²) in [5.41, 5.74) is 1.38. The predicted octanol–water partition coefficient (Wildman–Crippen LogP) is 2.66. The zero-order valence-corrected chi connectivity index (χ0v) is 16.3. The van der Waals surface area contributed by atoms with E-state index in [9.17, 15) is 19.2 Å². The molecule has 2 aromatic rings. The molecular formula is C22H22N2O5. The fourth-order valence-corrected chi connectivity index (χ4v) is 3.25. The summed E-state index contributed by atoms with van der Waals surface area (Å²) in [6.07, 6.45) is -0.175. The number of para-hydroxylation sites is 1. The van der Waals surface area contributed by atoms with Crippen LogP contribution in [0.5, 0.6) is 0 Å². The van der Waals surface area contributed by atoms with Gasteiger partial charge < -0.3 is 9.64 Å². The summed E-state index contributed by atoms with van der Waals surface area (Å²) in [6.45, 7) is 3.24. The lowest BCUT2D eigenvalue weighted by Crippen LogP contribution is -2.40. The van der Waals surface area contributed by atoms with Gasteiger partial charge in [-0.25, -0.2) is 0 Å². The second-order valence-corrected chi connectivity index (χ2v) is 6.91. The summed E-state index contributed by atoms with van der Waals surface area (Å²) in [5, 5.41) is 0. The van der Waals surface area contributed by atoms with E-state index in [1.54, 1.807) is 29.2 Å². The summed E-state index contributed by atoms with van der Waals surface area (Å²) in [4.78, 5) is 51.8. The van der Waals surface area contributed by atoms with Crippen molar-refractivity contribution in [2.24, 2.45) is 0 Å². The number of amides is 3. The van der Waals surface area contributed by atoms with Gasteiger partial charge in [-0.3, -0.25) is 24.1 Å². The monoisotopic (exact) mass is 394 g/mol. The third kappa shape index (κ3) is 4.34. The highest BCUT2D eigenvalue weighted by Gasteiger charge is 2.35. The fourth-order valence-electron chi connectivity index (χ4n) is 3.25. The first-order valence-electron chi connectivity index (χ1n) is 9.38. The number of anilines is 1. The molecule has 3 amide bonds. The number of fused-ring (bicyclic) bond motifs is 1. The van der Waals surface area contributed by atoms with Gasteiger partial charge in [0.25, 0.3) is 17.7 Å². The van der Waals surface area contributed by atoms with Crippen molar-refractivity contribution in [2.75, 3.05) is 18.1 Å². The Morgan fingerprint density at radius 3 is 2.03 bits per heavy atom. The maximum atomic E-state index is 12.5. The smallest absolute Gasteiger partial charge is 0.308 e. The second-order valence-electron chi connectivity index (χ2n) is 6.91. The largest absolute Gasteiger partial charge is 0.455 e. The lowest BCUT2D eigenvalue weighted by atomic mass is 10.1. The van der Waals surface area contributed by atoms with Crippen molar-refractivity contribution in [1.29, 1.82) is 0 Å². The van der Waals surface area contributed by atoms with Gasteiger partial charge in [0.05, 0.1) is 17.5 Å². The standard InChI is InChI=1S/C22H22N2O5/c1-15(2)24(16-8-4-3-5-9-16)19(25)14-29-20(26)12-13-23-21(27)17-10-6-7-11-18(17)22(23)28/h3-11,15H,12-14H2,1-2H3. The van der Waals surface area contributed by atoms with E-state index in [-0.39, 0.29) is 24.9 Å². The maximum Gasteiger partial charge on any atom is 0.308 e. The van der Waals surface area contributed by atoms with Crippen LogP contribution in [0.2, 0.25) is 0 Å². The van der Waals surface area contributed by atoms with Gasteiger partial charge in [-0.05, 0) is 38.1 Å². The predicted molar refractivity (Wildman–Crippen MR) is 106 cm³/mol. The molecule has 150 valence electrons. The molecule has 0 saturated carbocycles. The number of imide groups is 1. The van der Waals surface area contributed by atoms with Crippen LogP contribution < -0.4 is 4.90 Å². The SMILES string of the molecule is CC(C)N(C(=O)COC(=O)CCN1C(=O)c2ccccc2C1=O)c1ccccc1. The van der Waals surface area contributed by atoms with E-state index in [0.29, 0.717) is 11.1 Å². The Hall–Kier alpha value is -3.48. The molecule has 0 bridgehead atoms. The molecule has 0 spiro atoms. The summed E-state index contributed by atoms with van der Waals surface area (Å²) in [6, 6.07) is 15.5. The van der Waals surface area contributed by atoms with Crippen LogP contribution >= 0.6 is 0 Å². The van der Waals surface area contributed by atoms with Gasteiger partial charge in [-0.2, -0.15) is 0 Å². The average molecular weight is 394 g/mol. The number of rotatable bonds is 7. The van der Waals surface area contributed by atoms with Gasteiger partial charge in [0.2, 0.25) is 0 Å². The van der Waals surface area contributed by atoms with E-state index in [2.05, 4.69) is 0 Å². The van der Waals surface area contributed by atoms with E-state index in [1.165, 1.54) is 0 Å². The molecule has 0 radical (unpaired) electrons. The Kier molecular flexibility index (Phi) is 6.07. The lowest BCUT2D eigenvalue weighted by molar-refractivity contribution is -0.148. The van der Waals surface area contributed by atoms with Crippen LogP contribution in [0.25, 0.3) is 0 Å². The third-order valence-electron chi connectivity index (χ3n) is 4.59. The molecule has 29 heavy (non-hydrogen) atoms. The minimum absolute atomic E-state index is 0.0913. The molecule has 0 atom stereocenters. The summed E-state index contributed by atoms with van der Waals surface area (Å²) in [5.74, 6) is -1.85. The van der Waals surface area contributed by atoms with Gasteiger partial charge in [-0.1, -0.05) is 30.3 Å². The van der Waals surface area contributed by atoms with Crippen LogP contribution in [-0.2, 0) is 14.3 Å². The van der Waals surface area contributed by atoms with Gasteiger partial charge in [0.1, 0.15) is 0 Å². The Bertz CT molecular complexity index is 904. The number of esters is 1. The van der Waals surface area contributed by atoms with Crippen molar-refractivity contribution in [3.63, 3.8) is 0 Å². The van der Waals surface area contributed by atoms with Crippen LogP contribution in [0.3, 0.4) is 0 Å². The molecule has 1 aliphatic rings. The molecule has 3 rings (SSSR count). The Morgan fingerprint density at radius 1 is 0.931 bits per heavy atom.